The molecule has 3 rings (SSSR count). The molecular weight excluding hydrogens is 320 g/mol. The summed E-state index contributed by atoms with van der Waals surface area (Å²) in [5.74, 6) is 1.23. The van der Waals surface area contributed by atoms with Crippen LogP contribution >= 0.6 is 0 Å². The van der Waals surface area contributed by atoms with E-state index in [1.165, 1.54) is 0 Å². The largest absolute Gasteiger partial charge is 0.391 e. The topological polar surface area (TPSA) is 91.5 Å². The normalized spacial score (nSPS) is 17.5. The number of hydrogen-bond donors (Lipinski definition) is 2. The molecule has 0 bridgehead atoms. The van der Waals surface area contributed by atoms with Gasteiger partial charge in [-0.2, -0.15) is 4.98 Å². The number of nitrogens with zero attached hydrogens (tertiary/aromatic N) is 3. The van der Waals surface area contributed by atoms with Crippen LogP contribution in [0.2, 0.25) is 0 Å². The summed E-state index contributed by atoms with van der Waals surface area (Å²) in [6.45, 7) is 3.67. The molecule has 2 heterocycles. The number of rotatable bonds is 5. The molecule has 1 aromatic carbocycles. The molecule has 0 radical (unpaired) electrons. The highest BCUT2D eigenvalue weighted by molar-refractivity contribution is 5.74. The van der Waals surface area contributed by atoms with Crippen molar-refractivity contribution in [2.24, 2.45) is 0 Å². The van der Waals surface area contributed by atoms with Gasteiger partial charge in [0.25, 0.3) is 5.89 Å². The Hall–Kier alpha value is -2.41. The Bertz CT molecular complexity index is 699. The van der Waals surface area contributed by atoms with E-state index in [1.807, 2.05) is 31.2 Å². The first-order valence-corrected chi connectivity index (χ1v) is 8.78. The fraction of sp³-hybridized carbons (Fsp3) is 0.500. The minimum absolute atomic E-state index is 0.103. The third kappa shape index (κ3) is 4.57. The zero-order valence-corrected chi connectivity index (χ0v) is 14.4. The van der Waals surface area contributed by atoms with Crippen molar-refractivity contribution in [3.8, 4) is 11.5 Å². The van der Waals surface area contributed by atoms with Crippen LogP contribution in [0.15, 0.2) is 28.8 Å². The fourth-order valence-corrected chi connectivity index (χ4v) is 2.89. The molecule has 25 heavy (non-hydrogen) atoms. The van der Waals surface area contributed by atoms with Crippen LogP contribution in [0.5, 0.6) is 0 Å². The Labute approximate surface area is 147 Å². The van der Waals surface area contributed by atoms with Crippen molar-refractivity contribution in [1.29, 1.82) is 0 Å². The molecule has 1 fully saturated rings. The number of likely N-dealkylation sites (tertiary alicyclic amines) is 1. The number of amides is 2. The zero-order valence-electron chi connectivity index (χ0n) is 14.4. The highest BCUT2D eigenvalue weighted by Crippen LogP contribution is 2.18. The second-order valence-corrected chi connectivity index (χ2v) is 6.29. The molecule has 1 aromatic heterocycles. The molecule has 1 saturated heterocycles. The van der Waals surface area contributed by atoms with Gasteiger partial charge in [-0.25, -0.2) is 4.79 Å². The van der Waals surface area contributed by atoms with Crippen molar-refractivity contribution in [1.82, 2.24) is 20.4 Å². The van der Waals surface area contributed by atoms with Gasteiger partial charge in [0, 0.05) is 31.6 Å². The number of urea groups is 1. The van der Waals surface area contributed by atoms with Crippen LogP contribution in [-0.4, -0.2) is 51.9 Å². The van der Waals surface area contributed by atoms with E-state index in [4.69, 9.17) is 4.52 Å². The number of aliphatic hydroxyl groups excluding tert-OH is 1. The van der Waals surface area contributed by atoms with Crippen molar-refractivity contribution < 1.29 is 14.4 Å². The molecule has 1 aliphatic heterocycles. The predicted molar refractivity (Wildman–Crippen MR) is 93.0 cm³/mol. The number of carbonyl (C=O) groups is 1. The van der Waals surface area contributed by atoms with Gasteiger partial charge in [0.1, 0.15) is 0 Å². The molecule has 2 aromatic rings. The van der Waals surface area contributed by atoms with E-state index in [2.05, 4.69) is 15.5 Å². The monoisotopic (exact) mass is 344 g/mol. The lowest BCUT2D eigenvalue weighted by Crippen LogP contribution is -2.47. The number of β-amino-alcohol motifs (C(OH)–C–C–N with tert-alkyl or cyclic N) is 1. The summed E-state index contributed by atoms with van der Waals surface area (Å²) in [6.07, 6.45) is 2.72. The minimum atomic E-state index is -0.398. The summed E-state index contributed by atoms with van der Waals surface area (Å²) in [7, 11) is 0. The highest BCUT2D eigenvalue weighted by Gasteiger charge is 2.21. The van der Waals surface area contributed by atoms with Crippen molar-refractivity contribution in [2.75, 3.05) is 19.6 Å². The molecule has 134 valence electrons. The van der Waals surface area contributed by atoms with Crippen LogP contribution < -0.4 is 5.32 Å². The molecule has 2 amide bonds. The number of benzene rings is 1. The molecule has 0 saturated carbocycles. The van der Waals surface area contributed by atoms with E-state index >= 15 is 0 Å². The van der Waals surface area contributed by atoms with Crippen molar-refractivity contribution in [3.63, 3.8) is 0 Å². The molecule has 1 aliphatic rings. The zero-order chi connectivity index (χ0) is 17.6. The van der Waals surface area contributed by atoms with Gasteiger partial charge in [-0.1, -0.05) is 24.2 Å². The Morgan fingerprint density at radius 1 is 1.40 bits per heavy atom. The molecular formula is C18H24N4O3. The Balaban J connectivity index is 1.48. The van der Waals surface area contributed by atoms with Crippen molar-refractivity contribution >= 4 is 6.03 Å². The average Bonchev–Trinajstić information content (AvgIpc) is 3.11. The second kappa shape index (κ2) is 8.11. The number of hydrogen-bond acceptors (Lipinski definition) is 5. The van der Waals surface area contributed by atoms with E-state index in [1.54, 1.807) is 4.90 Å². The molecule has 0 unspecified atom stereocenters. The van der Waals surface area contributed by atoms with E-state index in [0.717, 1.165) is 36.8 Å². The van der Waals surface area contributed by atoms with Crippen LogP contribution in [0, 0.1) is 0 Å². The first-order chi connectivity index (χ1) is 12.2. The summed E-state index contributed by atoms with van der Waals surface area (Å²) < 4.78 is 5.23. The van der Waals surface area contributed by atoms with Crippen molar-refractivity contribution in [2.45, 2.75) is 38.7 Å². The molecule has 7 nitrogen and oxygen atoms in total. The number of piperidine rings is 1. The number of nitrogens with one attached hydrogen (secondary N) is 1. The highest BCUT2D eigenvalue weighted by atomic mass is 16.5. The maximum Gasteiger partial charge on any atom is 0.317 e. The lowest BCUT2D eigenvalue weighted by Gasteiger charge is -2.30. The van der Waals surface area contributed by atoms with Gasteiger partial charge in [-0.05, 0) is 37.0 Å². The molecule has 0 aliphatic carbocycles. The summed E-state index contributed by atoms with van der Waals surface area (Å²) in [5.41, 5.74) is 2.01. The number of carbonyl (C=O) groups excluding carboxylic acids is 1. The van der Waals surface area contributed by atoms with Crippen LogP contribution in [0.1, 0.15) is 31.2 Å². The van der Waals surface area contributed by atoms with E-state index in [0.29, 0.717) is 31.3 Å². The SMILES string of the molecule is CCc1noc(-c2ccc(CCNC(=O)N3CCC[C@@H](O)C3)cc2)n1. The Morgan fingerprint density at radius 2 is 2.20 bits per heavy atom. The molecule has 1 atom stereocenters. The van der Waals surface area contributed by atoms with Crippen LogP contribution in [0.25, 0.3) is 11.5 Å². The van der Waals surface area contributed by atoms with Gasteiger partial charge >= 0.3 is 6.03 Å². The maximum absolute atomic E-state index is 12.1. The summed E-state index contributed by atoms with van der Waals surface area (Å²) in [5, 5.41) is 16.4. The smallest absolute Gasteiger partial charge is 0.317 e. The molecule has 7 heteroatoms. The number of aliphatic hydroxyl groups is 1. The summed E-state index contributed by atoms with van der Waals surface area (Å²) in [4.78, 5) is 18.1. The van der Waals surface area contributed by atoms with Gasteiger partial charge in [0.2, 0.25) is 0 Å². The first kappa shape index (κ1) is 17.4. The third-order valence-electron chi connectivity index (χ3n) is 4.36. The molecule has 2 N–H and O–H groups in total. The van der Waals surface area contributed by atoms with E-state index in [-0.39, 0.29) is 6.03 Å². The summed E-state index contributed by atoms with van der Waals surface area (Å²) in [6, 6.07) is 7.80. The standard InChI is InChI=1S/C18H24N4O3/c1-2-16-20-17(25-21-16)14-7-5-13(6-8-14)9-10-19-18(24)22-11-3-4-15(23)12-22/h5-8,15,23H,2-4,9-12H2,1H3,(H,19,24)/t15-/m1/s1. The Kier molecular flexibility index (Phi) is 5.65. The molecule has 0 spiro atoms. The first-order valence-electron chi connectivity index (χ1n) is 8.78. The lowest BCUT2D eigenvalue weighted by atomic mass is 10.1. The van der Waals surface area contributed by atoms with Gasteiger partial charge < -0.3 is 19.8 Å². The lowest BCUT2D eigenvalue weighted by molar-refractivity contribution is 0.0843. The second-order valence-electron chi connectivity index (χ2n) is 6.29. The number of aromatic nitrogens is 2. The van der Waals surface area contributed by atoms with Gasteiger partial charge in [0.05, 0.1) is 6.10 Å². The minimum Gasteiger partial charge on any atom is -0.391 e. The predicted octanol–water partition coefficient (Wildman–Crippen LogP) is 2.01. The third-order valence-corrected chi connectivity index (χ3v) is 4.36. The average molecular weight is 344 g/mol. The van der Waals surface area contributed by atoms with Gasteiger partial charge in [-0.15, -0.1) is 0 Å². The van der Waals surface area contributed by atoms with E-state index in [9.17, 15) is 9.90 Å². The summed E-state index contributed by atoms with van der Waals surface area (Å²) >= 11 is 0. The van der Waals surface area contributed by atoms with Crippen LogP contribution in [0.4, 0.5) is 4.79 Å². The van der Waals surface area contributed by atoms with Crippen molar-refractivity contribution in [3.05, 3.63) is 35.7 Å². The Morgan fingerprint density at radius 3 is 2.88 bits per heavy atom. The van der Waals surface area contributed by atoms with Crippen LogP contribution in [-0.2, 0) is 12.8 Å². The maximum atomic E-state index is 12.1. The van der Waals surface area contributed by atoms with Crippen LogP contribution in [0.3, 0.4) is 0 Å². The number of aryl methyl sites for hydroxylation is 1. The van der Waals surface area contributed by atoms with Gasteiger partial charge in [-0.3, -0.25) is 0 Å². The quantitative estimate of drug-likeness (QED) is 0.866. The fourth-order valence-electron chi connectivity index (χ4n) is 2.89. The van der Waals surface area contributed by atoms with E-state index < -0.39 is 6.10 Å². The van der Waals surface area contributed by atoms with Gasteiger partial charge in [0.15, 0.2) is 5.82 Å².